The number of fused-ring (bicyclic) bond motifs is 1. The minimum atomic E-state index is -4.54. The van der Waals surface area contributed by atoms with Crippen LogP contribution in [0, 0.1) is 5.92 Å². The Kier molecular flexibility index (Phi) is 6.47. The number of carbonyl (C=O) groups is 2. The molecule has 1 fully saturated rings. The van der Waals surface area contributed by atoms with Crippen LogP contribution in [0.1, 0.15) is 52.7 Å². The number of amides is 2. The number of nitrogens with zero attached hydrogens (tertiary/aromatic N) is 1. The largest absolute Gasteiger partial charge is 0.416 e. The van der Waals surface area contributed by atoms with Crippen molar-refractivity contribution in [2.75, 3.05) is 6.54 Å². The molecule has 2 aromatic carbocycles. The summed E-state index contributed by atoms with van der Waals surface area (Å²) in [5.74, 6) is -0.111. The molecule has 0 atom stereocenters. The van der Waals surface area contributed by atoms with E-state index in [9.17, 15) is 22.8 Å². The molecule has 0 radical (unpaired) electrons. The van der Waals surface area contributed by atoms with Crippen molar-refractivity contribution in [3.05, 3.63) is 69.7 Å². The molecule has 1 heterocycles. The maximum atomic E-state index is 13.0. The monoisotopic (exact) mass is 464 g/mol. The summed E-state index contributed by atoms with van der Waals surface area (Å²) >= 11 is 5.97. The quantitative estimate of drug-likeness (QED) is 0.673. The molecular formula is C24H24ClF3N2O2. The van der Waals surface area contributed by atoms with Crippen LogP contribution in [0.4, 0.5) is 13.2 Å². The van der Waals surface area contributed by atoms with E-state index in [1.807, 2.05) is 23.1 Å². The number of benzene rings is 2. The van der Waals surface area contributed by atoms with Gasteiger partial charge in [-0.05, 0) is 60.9 Å². The summed E-state index contributed by atoms with van der Waals surface area (Å²) < 4.78 is 38.9. The first kappa shape index (κ1) is 22.6. The standard InChI is InChI=1S/C24H24ClF3N2O2/c25-21-10-7-18(24(26,27)28)12-20(21)23(32)29-19-8-5-15(6-9-19)13-30-14-17-4-2-1-3-16(17)11-22(30)31/h1-4,7,10,12,15,19H,5-6,8-9,11,13-14H2,(H,29,32). The first-order valence-corrected chi connectivity index (χ1v) is 11.1. The number of halogens is 4. The van der Waals surface area contributed by atoms with Crippen LogP contribution < -0.4 is 5.32 Å². The third kappa shape index (κ3) is 5.09. The van der Waals surface area contributed by atoms with Crippen molar-refractivity contribution in [1.82, 2.24) is 10.2 Å². The van der Waals surface area contributed by atoms with Crippen LogP contribution in [0.15, 0.2) is 42.5 Å². The second-order valence-electron chi connectivity index (χ2n) is 8.60. The molecule has 2 aliphatic rings. The van der Waals surface area contributed by atoms with Crippen LogP contribution in [0.25, 0.3) is 0 Å². The molecule has 4 nitrogen and oxygen atoms in total. The summed E-state index contributed by atoms with van der Waals surface area (Å²) in [7, 11) is 0. The molecule has 1 aliphatic carbocycles. The highest BCUT2D eigenvalue weighted by atomic mass is 35.5. The molecule has 0 unspecified atom stereocenters. The smallest absolute Gasteiger partial charge is 0.349 e. The van der Waals surface area contributed by atoms with Crippen LogP contribution in [0.2, 0.25) is 5.02 Å². The zero-order valence-corrected chi connectivity index (χ0v) is 18.2. The maximum Gasteiger partial charge on any atom is 0.416 e. The van der Waals surface area contributed by atoms with Gasteiger partial charge in [0.1, 0.15) is 0 Å². The van der Waals surface area contributed by atoms with Gasteiger partial charge in [0, 0.05) is 19.1 Å². The van der Waals surface area contributed by atoms with Crippen LogP contribution in [0.3, 0.4) is 0 Å². The van der Waals surface area contributed by atoms with E-state index in [4.69, 9.17) is 11.6 Å². The molecule has 1 N–H and O–H groups in total. The van der Waals surface area contributed by atoms with E-state index >= 15 is 0 Å². The predicted molar refractivity (Wildman–Crippen MR) is 115 cm³/mol. The van der Waals surface area contributed by atoms with Gasteiger partial charge in [-0.1, -0.05) is 35.9 Å². The van der Waals surface area contributed by atoms with E-state index in [-0.39, 0.29) is 22.5 Å². The number of hydrogen-bond donors (Lipinski definition) is 1. The average molecular weight is 465 g/mol. The fourth-order valence-corrected chi connectivity index (χ4v) is 4.76. The minimum absolute atomic E-state index is 0.00641. The van der Waals surface area contributed by atoms with Crippen molar-refractivity contribution in [3.63, 3.8) is 0 Å². The second-order valence-corrected chi connectivity index (χ2v) is 9.01. The molecule has 8 heteroatoms. The van der Waals surface area contributed by atoms with Crippen molar-refractivity contribution in [3.8, 4) is 0 Å². The summed E-state index contributed by atoms with van der Waals surface area (Å²) in [5, 5.41) is 2.82. The summed E-state index contributed by atoms with van der Waals surface area (Å²) in [6.45, 7) is 1.31. The second kappa shape index (κ2) is 9.14. The van der Waals surface area contributed by atoms with Crippen LogP contribution in [-0.4, -0.2) is 29.3 Å². The van der Waals surface area contributed by atoms with Gasteiger partial charge in [0.15, 0.2) is 0 Å². The lowest BCUT2D eigenvalue weighted by molar-refractivity contribution is -0.137. The summed E-state index contributed by atoms with van der Waals surface area (Å²) in [6.07, 6.45) is -1.000. The van der Waals surface area contributed by atoms with Gasteiger partial charge in [0.2, 0.25) is 5.91 Å². The van der Waals surface area contributed by atoms with Crippen molar-refractivity contribution in [2.24, 2.45) is 5.92 Å². The van der Waals surface area contributed by atoms with E-state index in [1.165, 1.54) is 5.56 Å². The Labute approximate surface area is 189 Å². The lowest BCUT2D eigenvalue weighted by Crippen LogP contribution is -2.42. The predicted octanol–water partition coefficient (Wildman–Crippen LogP) is 5.23. The number of nitrogens with one attached hydrogen (secondary N) is 1. The Balaban J connectivity index is 1.31. The Morgan fingerprint density at radius 2 is 1.75 bits per heavy atom. The van der Waals surface area contributed by atoms with Crippen LogP contribution in [0.5, 0.6) is 0 Å². The fourth-order valence-electron chi connectivity index (χ4n) is 4.56. The topological polar surface area (TPSA) is 49.4 Å². The van der Waals surface area contributed by atoms with Crippen molar-refractivity contribution >= 4 is 23.4 Å². The molecule has 4 rings (SSSR count). The van der Waals surface area contributed by atoms with Gasteiger partial charge in [-0.25, -0.2) is 0 Å². The van der Waals surface area contributed by atoms with Crippen LogP contribution >= 0.6 is 11.6 Å². The van der Waals surface area contributed by atoms with E-state index in [2.05, 4.69) is 11.4 Å². The van der Waals surface area contributed by atoms with E-state index < -0.39 is 17.6 Å². The van der Waals surface area contributed by atoms with Crippen molar-refractivity contribution in [2.45, 2.75) is 50.9 Å². The lowest BCUT2D eigenvalue weighted by atomic mass is 9.85. The first-order chi connectivity index (χ1) is 15.2. The van der Waals surface area contributed by atoms with E-state index in [0.29, 0.717) is 38.3 Å². The Morgan fingerprint density at radius 3 is 2.44 bits per heavy atom. The summed E-state index contributed by atoms with van der Waals surface area (Å²) in [4.78, 5) is 27.0. The highest BCUT2D eigenvalue weighted by Gasteiger charge is 2.32. The van der Waals surface area contributed by atoms with Gasteiger partial charge in [-0.2, -0.15) is 13.2 Å². The number of hydrogen-bond acceptors (Lipinski definition) is 2. The van der Waals surface area contributed by atoms with Gasteiger partial charge in [0.05, 0.1) is 22.6 Å². The Bertz CT molecular complexity index is 1020. The van der Waals surface area contributed by atoms with Crippen molar-refractivity contribution < 1.29 is 22.8 Å². The fraction of sp³-hybridized carbons (Fsp3) is 0.417. The zero-order valence-electron chi connectivity index (χ0n) is 17.4. The summed E-state index contributed by atoms with van der Waals surface area (Å²) in [6, 6.07) is 10.6. The molecule has 2 aromatic rings. The zero-order chi connectivity index (χ0) is 22.9. The molecule has 2 amide bonds. The van der Waals surface area contributed by atoms with Gasteiger partial charge >= 0.3 is 6.18 Å². The molecule has 0 saturated heterocycles. The summed E-state index contributed by atoms with van der Waals surface area (Å²) in [5.41, 5.74) is 1.21. The molecule has 170 valence electrons. The average Bonchev–Trinajstić information content (AvgIpc) is 2.75. The molecular weight excluding hydrogens is 441 g/mol. The number of alkyl halides is 3. The molecule has 1 aliphatic heterocycles. The van der Waals surface area contributed by atoms with Gasteiger partial charge < -0.3 is 10.2 Å². The maximum absolute atomic E-state index is 13.0. The van der Waals surface area contributed by atoms with Gasteiger partial charge in [-0.15, -0.1) is 0 Å². The highest BCUT2D eigenvalue weighted by Crippen LogP contribution is 2.32. The molecule has 0 bridgehead atoms. The van der Waals surface area contributed by atoms with E-state index in [1.54, 1.807) is 0 Å². The number of carbonyl (C=O) groups excluding carboxylic acids is 2. The Morgan fingerprint density at radius 1 is 1.06 bits per heavy atom. The third-order valence-electron chi connectivity index (χ3n) is 6.37. The Hall–Kier alpha value is -2.54. The molecule has 0 aromatic heterocycles. The molecule has 0 spiro atoms. The van der Waals surface area contributed by atoms with Crippen molar-refractivity contribution in [1.29, 1.82) is 0 Å². The van der Waals surface area contributed by atoms with Gasteiger partial charge in [0.25, 0.3) is 5.91 Å². The van der Waals surface area contributed by atoms with Gasteiger partial charge in [-0.3, -0.25) is 9.59 Å². The third-order valence-corrected chi connectivity index (χ3v) is 6.70. The minimum Gasteiger partial charge on any atom is -0.349 e. The SMILES string of the molecule is O=C(NC1CCC(CN2Cc3ccccc3CC2=O)CC1)c1cc(C(F)(F)F)ccc1Cl. The lowest BCUT2D eigenvalue weighted by Gasteiger charge is -2.35. The van der Waals surface area contributed by atoms with E-state index in [0.717, 1.165) is 36.6 Å². The first-order valence-electron chi connectivity index (χ1n) is 10.7. The normalized spacial score (nSPS) is 21.2. The molecule has 1 saturated carbocycles. The molecule has 32 heavy (non-hydrogen) atoms. The highest BCUT2D eigenvalue weighted by molar-refractivity contribution is 6.33. The van der Waals surface area contributed by atoms with Crippen LogP contribution in [-0.2, 0) is 23.9 Å². The number of rotatable bonds is 4.